The van der Waals surface area contributed by atoms with Gasteiger partial charge in [-0.3, -0.25) is 19.7 Å². The lowest BCUT2D eigenvalue weighted by Crippen LogP contribution is -2.61. The molecule has 0 aromatic heterocycles. The molecule has 2 saturated heterocycles. The number of likely N-dealkylation sites (tertiary alicyclic amines) is 1. The van der Waals surface area contributed by atoms with Gasteiger partial charge in [-0.05, 0) is 58.5 Å². The number of nitrogens with one attached hydrogen (secondary N) is 3. The lowest BCUT2D eigenvalue weighted by Gasteiger charge is -2.40. The third-order valence-electron chi connectivity index (χ3n) is 8.09. The Morgan fingerprint density at radius 1 is 1.26 bits per heavy atom. The highest BCUT2D eigenvalue weighted by Gasteiger charge is 2.52. The van der Waals surface area contributed by atoms with E-state index in [4.69, 9.17) is 0 Å². The first kappa shape index (κ1) is 30.2. The molecule has 3 rings (SSSR count). The Morgan fingerprint density at radius 3 is 2.50 bits per heavy atom. The molecule has 3 N–H and O–H groups in total. The normalized spacial score (nSPS) is 29.1. The summed E-state index contributed by atoms with van der Waals surface area (Å²) < 4.78 is 39.5. The lowest BCUT2D eigenvalue weighted by atomic mass is 9.82. The van der Waals surface area contributed by atoms with E-state index in [-0.39, 0.29) is 30.2 Å². The molecule has 214 valence electrons. The van der Waals surface area contributed by atoms with Crippen LogP contribution in [0.5, 0.6) is 0 Å². The number of nitrogens with zero attached hydrogens (tertiary/aromatic N) is 3. The van der Waals surface area contributed by atoms with Crippen molar-refractivity contribution < 1.29 is 27.6 Å². The van der Waals surface area contributed by atoms with E-state index < -0.39 is 54.0 Å². The van der Waals surface area contributed by atoms with Gasteiger partial charge in [-0.1, -0.05) is 20.3 Å². The minimum absolute atomic E-state index is 0.00334. The Hall–Kier alpha value is -2.39. The molecule has 1 aliphatic carbocycles. The Labute approximate surface area is 222 Å². The fourth-order valence-electron chi connectivity index (χ4n) is 6.70. The fourth-order valence-corrected chi connectivity index (χ4v) is 6.70. The zero-order chi connectivity index (χ0) is 28.4. The van der Waals surface area contributed by atoms with Gasteiger partial charge in [0.25, 0.3) is 0 Å². The van der Waals surface area contributed by atoms with Crippen LogP contribution in [0.25, 0.3) is 0 Å². The molecule has 0 aromatic carbocycles. The third-order valence-corrected chi connectivity index (χ3v) is 8.09. The maximum Gasteiger partial charge on any atom is 0.401 e. The summed E-state index contributed by atoms with van der Waals surface area (Å²) in [6, 6.07) is -0.884. The number of alkyl halides is 3. The number of carbonyl (C=O) groups excluding carboxylic acids is 3. The molecule has 0 radical (unpaired) electrons. The molecule has 0 aromatic rings. The Morgan fingerprint density at radius 2 is 1.95 bits per heavy atom. The molecular weight excluding hydrogens is 501 g/mol. The predicted octanol–water partition coefficient (Wildman–Crippen LogP) is 1.64. The SMILES string of the molecule is C[C@@H]1CC(C[C@@H](C#N)NC(=O)[C@@H]2[C@H]3CCC[C@H]3CN2C(=O)[C@@H](NCC(F)(F)F)C(C)(C)CN(C)C)C(=O)N1. The molecule has 38 heavy (non-hydrogen) atoms. The van der Waals surface area contributed by atoms with E-state index in [1.54, 1.807) is 27.9 Å². The van der Waals surface area contributed by atoms with Gasteiger partial charge in [-0.15, -0.1) is 0 Å². The third kappa shape index (κ3) is 7.17. The summed E-state index contributed by atoms with van der Waals surface area (Å²) in [6.07, 6.45) is -1.30. The van der Waals surface area contributed by atoms with Gasteiger partial charge in [0.15, 0.2) is 0 Å². The fraction of sp³-hybridized carbons (Fsp3) is 0.846. The minimum Gasteiger partial charge on any atom is -0.353 e. The predicted molar refractivity (Wildman–Crippen MR) is 134 cm³/mol. The maximum absolute atomic E-state index is 13.9. The minimum atomic E-state index is -4.50. The van der Waals surface area contributed by atoms with Gasteiger partial charge in [0, 0.05) is 30.5 Å². The highest BCUT2D eigenvalue weighted by Crippen LogP contribution is 2.43. The van der Waals surface area contributed by atoms with Crippen molar-refractivity contribution in [3.63, 3.8) is 0 Å². The highest BCUT2D eigenvalue weighted by atomic mass is 19.4. The molecule has 1 saturated carbocycles. The summed E-state index contributed by atoms with van der Waals surface area (Å²) in [7, 11) is 3.58. The highest BCUT2D eigenvalue weighted by molar-refractivity contribution is 5.91. The summed E-state index contributed by atoms with van der Waals surface area (Å²) >= 11 is 0. The van der Waals surface area contributed by atoms with Gasteiger partial charge in [0.05, 0.1) is 18.7 Å². The second-order valence-corrected chi connectivity index (χ2v) is 12.2. The van der Waals surface area contributed by atoms with Gasteiger partial charge in [0.1, 0.15) is 12.1 Å². The van der Waals surface area contributed by atoms with E-state index in [0.29, 0.717) is 19.5 Å². The van der Waals surface area contributed by atoms with Crippen LogP contribution in [-0.4, -0.2) is 91.6 Å². The lowest BCUT2D eigenvalue weighted by molar-refractivity contribution is -0.147. The Balaban J connectivity index is 1.82. The van der Waals surface area contributed by atoms with E-state index in [0.717, 1.165) is 19.3 Å². The second kappa shape index (κ2) is 11.8. The Kier molecular flexibility index (Phi) is 9.35. The van der Waals surface area contributed by atoms with Crippen LogP contribution in [0.2, 0.25) is 0 Å². The summed E-state index contributed by atoms with van der Waals surface area (Å²) in [6.45, 7) is 4.68. The molecular formula is C26H41F3N6O3. The smallest absolute Gasteiger partial charge is 0.353 e. The van der Waals surface area contributed by atoms with Gasteiger partial charge in [-0.2, -0.15) is 18.4 Å². The Bertz CT molecular complexity index is 934. The van der Waals surface area contributed by atoms with Crippen LogP contribution in [0, 0.1) is 34.5 Å². The van der Waals surface area contributed by atoms with E-state index in [1.807, 2.05) is 11.8 Å². The van der Waals surface area contributed by atoms with Crippen LogP contribution in [0.1, 0.15) is 52.9 Å². The summed E-state index contributed by atoms with van der Waals surface area (Å²) in [5.41, 5.74) is -0.869. The summed E-state index contributed by atoms with van der Waals surface area (Å²) in [5.74, 6) is -1.59. The standard InChI is InChI=1S/C26H41F3N6O3/c1-15-9-17(22(36)32-15)10-18(11-30)33-23(37)20-19-8-6-7-16(19)12-35(20)24(38)21(31-13-26(27,28)29)25(2,3)14-34(4)5/h15-21,31H,6-10,12-14H2,1-5H3,(H,32,36)(H,33,37)/t15-,16+,17?,18+,19+,20+,21-/m1/s1. The van der Waals surface area contributed by atoms with Crippen molar-refractivity contribution in [3.8, 4) is 6.07 Å². The van der Waals surface area contributed by atoms with Gasteiger partial charge < -0.3 is 20.4 Å². The average Bonchev–Trinajstić information content (AvgIpc) is 3.45. The van der Waals surface area contributed by atoms with Gasteiger partial charge in [-0.25, -0.2) is 0 Å². The van der Waals surface area contributed by atoms with E-state index >= 15 is 0 Å². The van der Waals surface area contributed by atoms with Crippen molar-refractivity contribution in [1.82, 2.24) is 25.8 Å². The van der Waals surface area contributed by atoms with Crippen molar-refractivity contribution in [1.29, 1.82) is 5.26 Å². The summed E-state index contributed by atoms with van der Waals surface area (Å²) in [5, 5.41) is 17.7. The topological polar surface area (TPSA) is 118 Å². The zero-order valence-corrected chi connectivity index (χ0v) is 22.9. The van der Waals surface area contributed by atoms with E-state index in [9.17, 15) is 32.8 Å². The molecule has 0 spiro atoms. The van der Waals surface area contributed by atoms with Crippen LogP contribution in [0.4, 0.5) is 13.2 Å². The first-order valence-corrected chi connectivity index (χ1v) is 13.4. The number of rotatable bonds is 10. The van der Waals surface area contributed by atoms with Crippen LogP contribution in [0.15, 0.2) is 0 Å². The van der Waals surface area contributed by atoms with Crippen molar-refractivity contribution >= 4 is 17.7 Å². The molecule has 2 heterocycles. The van der Waals surface area contributed by atoms with Crippen LogP contribution < -0.4 is 16.0 Å². The van der Waals surface area contributed by atoms with Crippen LogP contribution in [0.3, 0.4) is 0 Å². The summed E-state index contributed by atoms with van der Waals surface area (Å²) in [4.78, 5) is 42.9. The number of amides is 3. The monoisotopic (exact) mass is 542 g/mol. The van der Waals surface area contributed by atoms with Gasteiger partial charge in [0.2, 0.25) is 17.7 Å². The van der Waals surface area contributed by atoms with Gasteiger partial charge >= 0.3 is 6.18 Å². The van der Waals surface area contributed by atoms with E-state index in [1.165, 1.54) is 4.90 Å². The number of halogens is 3. The molecule has 1 unspecified atom stereocenters. The number of hydrogen-bond donors (Lipinski definition) is 3. The molecule has 7 atom stereocenters. The van der Waals surface area contributed by atoms with Crippen LogP contribution >= 0.6 is 0 Å². The molecule has 3 fully saturated rings. The van der Waals surface area contributed by atoms with Crippen molar-refractivity contribution in [3.05, 3.63) is 0 Å². The molecule has 3 aliphatic rings. The first-order valence-electron chi connectivity index (χ1n) is 13.4. The number of fused-ring (bicyclic) bond motifs is 1. The quantitative estimate of drug-likeness (QED) is 0.387. The number of hydrogen-bond acceptors (Lipinski definition) is 6. The van der Waals surface area contributed by atoms with Crippen molar-refractivity contribution in [2.24, 2.45) is 23.2 Å². The molecule has 12 heteroatoms. The molecule has 2 aliphatic heterocycles. The largest absolute Gasteiger partial charge is 0.401 e. The van der Waals surface area contributed by atoms with Crippen LogP contribution in [-0.2, 0) is 14.4 Å². The zero-order valence-electron chi connectivity index (χ0n) is 22.9. The molecule has 0 bridgehead atoms. The number of carbonyl (C=O) groups is 3. The molecule has 3 amide bonds. The van der Waals surface area contributed by atoms with E-state index in [2.05, 4.69) is 22.0 Å². The van der Waals surface area contributed by atoms with Crippen molar-refractivity contribution in [2.45, 2.75) is 83.2 Å². The molecule has 9 nitrogen and oxygen atoms in total. The maximum atomic E-state index is 13.9. The average molecular weight is 543 g/mol. The van der Waals surface area contributed by atoms with Crippen molar-refractivity contribution in [2.75, 3.05) is 33.7 Å². The number of nitriles is 1. The second-order valence-electron chi connectivity index (χ2n) is 12.2. The first-order chi connectivity index (χ1) is 17.6.